The third-order valence-electron chi connectivity index (χ3n) is 6.59. The molecule has 0 aliphatic heterocycles. The summed E-state index contributed by atoms with van der Waals surface area (Å²) in [6.45, 7) is 2.65. The van der Waals surface area contributed by atoms with Crippen molar-refractivity contribution < 1.29 is 27.8 Å². The van der Waals surface area contributed by atoms with E-state index in [-0.39, 0.29) is 41.0 Å². The number of carbonyl (C=O) groups is 1. The van der Waals surface area contributed by atoms with Gasteiger partial charge in [-0.2, -0.15) is 18.4 Å². The number of carboxylic acid groups (broad SMARTS) is 1. The van der Waals surface area contributed by atoms with Crippen LogP contribution in [0.3, 0.4) is 0 Å². The first-order valence-corrected chi connectivity index (χ1v) is 13.2. The fraction of sp³-hybridized carbons (Fsp3) is 0.179. The number of carboxylic acids is 1. The Bertz CT molecular complexity index is 1980. The van der Waals surface area contributed by atoms with Gasteiger partial charge in [0.2, 0.25) is 0 Å². The van der Waals surface area contributed by atoms with Crippen molar-refractivity contribution in [3.63, 3.8) is 0 Å². The van der Waals surface area contributed by atoms with Crippen LogP contribution in [0.5, 0.6) is 5.75 Å². The van der Waals surface area contributed by atoms with Crippen molar-refractivity contribution in [1.82, 2.24) is 14.5 Å². The Hall–Kier alpha value is -4.47. The number of ether oxygens (including phenoxy) is 1. The van der Waals surface area contributed by atoms with Gasteiger partial charge in [-0.15, -0.1) is 11.3 Å². The van der Waals surface area contributed by atoms with Gasteiger partial charge in [-0.3, -0.25) is 14.3 Å². The van der Waals surface area contributed by atoms with Gasteiger partial charge < -0.3 is 9.84 Å². The first kappa shape index (κ1) is 28.1. The SMILES string of the molecule is Cc1c(C(F)(F)F)cc(C#N)c2c(=O)n(CCOc3ccc(Cl)cc3-c3ccnc4c(C(=O)O)csc34)c(C)nc12. The summed E-state index contributed by atoms with van der Waals surface area (Å²) in [5, 5.41) is 20.7. The molecule has 0 radical (unpaired) electrons. The van der Waals surface area contributed by atoms with E-state index in [2.05, 4.69) is 9.97 Å². The molecule has 2 aromatic carbocycles. The molecule has 3 aromatic heterocycles. The summed E-state index contributed by atoms with van der Waals surface area (Å²) in [7, 11) is 0. The molecule has 3 heterocycles. The Morgan fingerprint density at radius 1 is 1.20 bits per heavy atom. The molecule has 41 heavy (non-hydrogen) atoms. The largest absolute Gasteiger partial charge is 0.491 e. The predicted molar refractivity (Wildman–Crippen MR) is 148 cm³/mol. The zero-order valence-electron chi connectivity index (χ0n) is 21.3. The Kier molecular flexibility index (Phi) is 7.19. The number of alkyl halides is 3. The fourth-order valence-electron chi connectivity index (χ4n) is 4.66. The summed E-state index contributed by atoms with van der Waals surface area (Å²) in [4.78, 5) is 33.5. The number of halogens is 4. The van der Waals surface area contributed by atoms with E-state index in [9.17, 15) is 33.1 Å². The number of aromatic carboxylic acids is 1. The van der Waals surface area contributed by atoms with E-state index in [0.717, 1.165) is 0 Å². The maximum absolute atomic E-state index is 13.5. The lowest BCUT2D eigenvalue weighted by Gasteiger charge is -2.17. The van der Waals surface area contributed by atoms with E-state index in [1.807, 2.05) is 0 Å². The molecule has 1 N–H and O–H groups in total. The average molecular weight is 599 g/mol. The normalized spacial score (nSPS) is 11.6. The van der Waals surface area contributed by atoms with E-state index < -0.39 is 28.8 Å². The van der Waals surface area contributed by atoms with Gasteiger partial charge in [0.15, 0.2) is 0 Å². The number of fused-ring (bicyclic) bond motifs is 2. The maximum Gasteiger partial charge on any atom is 0.416 e. The Balaban J connectivity index is 1.51. The third kappa shape index (κ3) is 4.98. The standard InChI is InChI=1S/C28H18ClF3N4O4S/c1-13-20(28(30,31)32)9-15(11-33)22-23(13)35-14(2)36(26(22)37)7-8-40-21-4-3-16(29)10-18(21)17-5-6-34-24-19(27(38)39)12-41-25(17)24/h3-6,9-10,12H,7-8H2,1-2H3,(H,38,39). The molecule has 0 aliphatic carbocycles. The number of rotatable bonds is 6. The number of nitriles is 1. The van der Waals surface area contributed by atoms with Crippen molar-refractivity contribution in [2.45, 2.75) is 26.6 Å². The highest BCUT2D eigenvalue weighted by Crippen LogP contribution is 2.40. The summed E-state index contributed by atoms with van der Waals surface area (Å²) in [6.07, 6.45) is -3.22. The highest BCUT2D eigenvalue weighted by Gasteiger charge is 2.35. The first-order valence-electron chi connectivity index (χ1n) is 12.0. The van der Waals surface area contributed by atoms with Gasteiger partial charge in [0.1, 0.15) is 24.3 Å². The minimum atomic E-state index is -4.71. The second kappa shape index (κ2) is 10.5. The molecule has 208 valence electrons. The smallest absolute Gasteiger partial charge is 0.416 e. The second-order valence-corrected chi connectivity index (χ2v) is 10.3. The van der Waals surface area contributed by atoms with Gasteiger partial charge in [-0.05, 0) is 49.7 Å². The molecule has 0 unspecified atom stereocenters. The van der Waals surface area contributed by atoms with Gasteiger partial charge in [0, 0.05) is 27.7 Å². The van der Waals surface area contributed by atoms with Crippen LogP contribution in [-0.4, -0.2) is 32.2 Å². The zero-order chi connectivity index (χ0) is 29.6. The molecule has 0 fully saturated rings. The van der Waals surface area contributed by atoms with E-state index in [1.54, 1.807) is 30.3 Å². The van der Waals surface area contributed by atoms with E-state index in [4.69, 9.17) is 16.3 Å². The van der Waals surface area contributed by atoms with Crippen molar-refractivity contribution >= 4 is 50.0 Å². The van der Waals surface area contributed by atoms with Gasteiger partial charge in [0.05, 0.1) is 44.4 Å². The molecule has 13 heteroatoms. The molecule has 5 aromatic rings. The molecule has 0 saturated heterocycles. The number of nitrogens with zero attached hydrogens (tertiary/aromatic N) is 4. The fourth-order valence-corrected chi connectivity index (χ4v) is 5.86. The monoisotopic (exact) mass is 598 g/mol. The van der Waals surface area contributed by atoms with Crippen molar-refractivity contribution in [2.75, 3.05) is 6.61 Å². The van der Waals surface area contributed by atoms with E-state index in [1.165, 1.54) is 41.3 Å². The van der Waals surface area contributed by atoms with Gasteiger partial charge in [-0.1, -0.05) is 11.6 Å². The maximum atomic E-state index is 13.5. The molecule has 0 aliphatic rings. The number of hydrogen-bond donors (Lipinski definition) is 1. The first-order chi connectivity index (χ1) is 19.4. The van der Waals surface area contributed by atoms with Crippen LogP contribution in [0.1, 0.15) is 32.9 Å². The lowest BCUT2D eigenvalue weighted by Crippen LogP contribution is -2.28. The van der Waals surface area contributed by atoms with Gasteiger partial charge in [-0.25, -0.2) is 9.78 Å². The second-order valence-electron chi connectivity index (χ2n) is 9.03. The molecule has 5 rings (SSSR count). The van der Waals surface area contributed by atoms with Crippen molar-refractivity contribution in [1.29, 1.82) is 5.26 Å². The van der Waals surface area contributed by atoms with Crippen LogP contribution in [0.15, 0.2) is 46.7 Å². The molecule has 8 nitrogen and oxygen atoms in total. The van der Waals surface area contributed by atoms with Crippen molar-refractivity contribution in [3.8, 4) is 22.9 Å². The van der Waals surface area contributed by atoms with Gasteiger partial charge in [0.25, 0.3) is 5.56 Å². The van der Waals surface area contributed by atoms with Crippen LogP contribution >= 0.6 is 22.9 Å². The minimum Gasteiger partial charge on any atom is -0.491 e. The van der Waals surface area contributed by atoms with Crippen LogP contribution in [0.25, 0.3) is 32.2 Å². The predicted octanol–water partition coefficient (Wildman–Crippen LogP) is 6.61. The van der Waals surface area contributed by atoms with Crippen molar-refractivity contribution in [2.24, 2.45) is 0 Å². The number of aromatic nitrogens is 3. The topological polar surface area (TPSA) is 118 Å². The summed E-state index contributed by atoms with van der Waals surface area (Å²) in [6, 6.07) is 9.01. The molecule has 0 atom stereocenters. The molecular formula is C28H18ClF3N4O4S. The highest BCUT2D eigenvalue weighted by molar-refractivity contribution is 7.18. The Labute approximate surface area is 238 Å². The Morgan fingerprint density at radius 3 is 2.63 bits per heavy atom. The lowest BCUT2D eigenvalue weighted by atomic mass is 9.99. The zero-order valence-corrected chi connectivity index (χ0v) is 22.9. The van der Waals surface area contributed by atoms with Crippen LogP contribution in [-0.2, 0) is 12.7 Å². The Morgan fingerprint density at radius 2 is 1.95 bits per heavy atom. The molecule has 0 amide bonds. The van der Waals surface area contributed by atoms with E-state index in [0.29, 0.717) is 38.2 Å². The quantitative estimate of drug-likeness (QED) is 0.234. The summed E-state index contributed by atoms with van der Waals surface area (Å²) >= 11 is 7.49. The van der Waals surface area contributed by atoms with Crippen LogP contribution in [0.2, 0.25) is 5.02 Å². The van der Waals surface area contributed by atoms with Crippen LogP contribution < -0.4 is 10.3 Å². The summed E-state index contributed by atoms with van der Waals surface area (Å²) in [5.41, 5.74) is -0.863. The lowest BCUT2D eigenvalue weighted by molar-refractivity contribution is -0.138. The molecule has 0 saturated carbocycles. The van der Waals surface area contributed by atoms with Crippen molar-refractivity contribution in [3.05, 3.63) is 85.4 Å². The highest BCUT2D eigenvalue weighted by atomic mass is 35.5. The summed E-state index contributed by atoms with van der Waals surface area (Å²) < 4.78 is 48.5. The molecule has 0 bridgehead atoms. The number of pyridine rings is 1. The number of thiophene rings is 1. The molecule has 0 spiro atoms. The van der Waals surface area contributed by atoms with Crippen LogP contribution in [0.4, 0.5) is 13.2 Å². The minimum absolute atomic E-state index is 0.0193. The summed E-state index contributed by atoms with van der Waals surface area (Å²) in [5.74, 6) is -0.544. The molecular weight excluding hydrogens is 581 g/mol. The van der Waals surface area contributed by atoms with E-state index >= 15 is 0 Å². The van der Waals surface area contributed by atoms with Gasteiger partial charge >= 0.3 is 12.1 Å². The number of aryl methyl sites for hydroxylation is 2. The number of benzene rings is 2. The van der Waals surface area contributed by atoms with Crippen LogP contribution in [0, 0.1) is 25.2 Å². The number of hydrogen-bond acceptors (Lipinski definition) is 7. The average Bonchev–Trinajstić information content (AvgIpc) is 3.36. The third-order valence-corrected chi connectivity index (χ3v) is 7.83.